The fourth-order valence-corrected chi connectivity index (χ4v) is 2.07. The number of carbonyl (C=O) groups is 1. The minimum atomic E-state index is -1.06. The highest BCUT2D eigenvalue weighted by Gasteiger charge is 2.34. The second-order valence-electron chi connectivity index (χ2n) is 5.55. The molecule has 20 heavy (non-hydrogen) atoms. The van der Waals surface area contributed by atoms with Gasteiger partial charge < -0.3 is 13.9 Å². The zero-order valence-electron chi connectivity index (χ0n) is 12.5. The van der Waals surface area contributed by atoms with E-state index in [1.807, 2.05) is 38.1 Å². The predicted octanol–water partition coefficient (Wildman–Crippen LogP) is 3.89. The molecule has 4 nitrogen and oxygen atoms in total. The molecule has 0 saturated heterocycles. The fourth-order valence-electron chi connectivity index (χ4n) is 2.07. The number of hydrogen-bond donors (Lipinski definition) is 0. The molecule has 1 heterocycles. The van der Waals surface area contributed by atoms with Crippen molar-refractivity contribution in [3.63, 3.8) is 0 Å². The molecule has 108 valence electrons. The Hall–Kier alpha value is -1.97. The summed E-state index contributed by atoms with van der Waals surface area (Å²) in [5.41, 5.74) is -0.308. The molecular formula is C16H20O4. The van der Waals surface area contributed by atoms with Crippen LogP contribution in [0, 0.1) is 0 Å². The third-order valence-electron chi connectivity index (χ3n) is 3.13. The number of para-hydroxylation sites is 1. The number of ether oxygens (including phenoxy) is 2. The number of fused-ring (bicyclic) bond motifs is 1. The van der Waals surface area contributed by atoms with Gasteiger partial charge in [0.15, 0.2) is 11.4 Å². The Morgan fingerprint density at radius 2 is 1.90 bits per heavy atom. The van der Waals surface area contributed by atoms with Gasteiger partial charge in [0.1, 0.15) is 11.3 Å². The average Bonchev–Trinajstić information content (AvgIpc) is 2.76. The summed E-state index contributed by atoms with van der Waals surface area (Å²) in [5.74, 6) is 1.09. The first-order chi connectivity index (χ1) is 9.36. The van der Waals surface area contributed by atoms with Crippen molar-refractivity contribution in [2.75, 3.05) is 7.11 Å². The van der Waals surface area contributed by atoms with Gasteiger partial charge in [0.25, 0.3) is 0 Å². The van der Waals surface area contributed by atoms with Crippen LogP contribution in [-0.4, -0.2) is 18.7 Å². The molecule has 0 aliphatic carbocycles. The van der Waals surface area contributed by atoms with Crippen LogP contribution in [-0.2, 0) is 9.53 Å². The van der Waals surface area contributed by atoms with Gasteiger partial charge >= 0.3 is 5.97 Å². The molecule has 0 fully saturated rings. The summed E-state index contributed by atoms with van der Waals surface area (Å²) >= 11 is 0. The molecule has 4 heteroatoms. The smallest absolute Gasteiger partial charge is 0.349 e. The first-order valence-corrected chi connectivity index (χ1v) is 6.65. The first-order valence-electron chi connectivity index (χ1n) is 6.65. The molecule has 0 atom stereocenters. The van der Waals surface area contributed by atoms with E-state index in [2.05, 4.69) is 0 Å². The van der Waals surface area contributed by atoms with Gasteiger partial charge in [0.05, 0.1) is 12.5 Å². The molecule has 2 rings (SSSR count). The Morgan fingerprint density at radius 3 is 2.50 bits per heavy atom. The van der Waals surface area contributed by atoms with E-state index in [9.17, 15) is 4.79 Å². The van der Waals surface area contributed by atoms with E-state index in [-0.39, 0.29) is 5.92 Å². The number of furan rings is 1. The van der Waals surface area contributed by atoms with Gasteiger partial charge in [0, 0.05) is 5.92 Å². The van der Waals surface area contributed by atoms with Crippen LogP contribution in [0.5, 0.6) is 5.75 Å². The summed E-state index contributed by atoms with van der Waals surface area (Å²) in [7, 11) is 1.35. The van der Waals surface area contributed by atoms with E-state index in [0.717, 1.165) is 16.7 Å². The highest BCUT2D eigenvalue weighted by Crippen LogP contribution is 2.39. The number of benzene rings is 1. The molecule has 1 aromatic carbocycles. The largest absolute Gasteiger partial charge is 0.472 e. The van der Waals surface area contributed by atoms with Crippen molar-refractivity contribution < 1.29 is 18.7 Å². The second kappa shape index (κ2) is 5.19. The van der Waals surface area contributed by atoms with Crippen LogP contribution < -0.4 is 4.74 Å². The molecule has 0 radical (unpaired) electrons. The Morgan fingerprint density at radius 1 is 1.25 bits per heavy atom. The molecule has 0 saturated carbocycles. The standard InChI is InChI=1S/C16H20O4/c1-10(2)13-14(20-16(3,4)15(17)18-5)11-8-6-7-9-12(11)19-13/h6-10H,1-5H3. The number of carbonyl (C=O) groups excluding carboxylic acids is 1. The van der Waals surface area contributed by atoms with Crippen molar-refractivity contribution in [2.45, 2.75) is 39.2 Å². The van der Waals surface area contributed by atoms with E-state index in [0.29, 0.717) is 5.75 Å². The third kappa shape index (κ3) is 2.50. The van der Waals surface area contributed by atoms with Crippen LogP contribution in [0.4, 0.5) is 0 Å². The molecule has 2 aromatic rings. The van der Waals surface area contributed by atoms with E-state index >= 15 is 0 Å². The maximum absolute atomic E-state index is 11.8. The van der Waals surface area contributed by atoms with Gasteiger partial charge in [0.2, 0.25) is 0 Å². The summed E-state index contributed by atoms with van der Waals surface area (Å²) in [6.45, 7) is 7.42. The quantitative estimate of drug-likeness (QED) is 0.795. The summed E-state index contributed by atoms with van der Waals surface area (Å²) < 4.78 is 16.6. The summed E-state index contributed by atoms with van der Waals surface area (Å²) in [5, 5.41) is 0.869. The van der Waals surface area contributed by atoms with Crippen molar-refractivity contribution in [1.29, 1.82) is 0 Å². The molecule has 0 aliphatic rings. The van der Waals surface area contributed by atoms with Gasteiger partial charge in [-0.2, -0.15) is 0 Å². The number of hydrogen-bond acceptors (Lipinski definition) is 4. The van der Waals surface area contributed by atoms with Crippen molar-refractivity contribution in [2.24, 2.45) is 0 Å². The van der Waals surface area contributed by atoms with Gasteiger partial charge in [-0.1, -0.05) is 26.0 Å². The number of esters is 1. The molecule has 0 amide bonds. The summed E-state index contributed by atoms with van der Waals surface area (Å²) in [4.78, 5) is 11.8. The zero-order valence-corrected chi connectivity index (χ0v) is 12.5. The molecule has 0 spiro atoms. The van der Waals surface area contributed by atoms with Crippen LogP contribution in [0.25, 0.3) is 11.0 Å². The van der Waals surface area contributed by atoms with Crippen molar-refractivity contribution in [1.82, 2.24) is 0 Å². The normalized spacial score (nSPS) is 11.9. The monoisotopic (exact) mass is 276 g/mol. The first kappa shape index (κ1) is 14.4. The summed E-state index contributed by atoms with van der Waals surface area (Å²) in [6.07, 6.45) is 0. The van der Waals surface area contributed by atoms with E-state index in [1.54, 1.807) is 13.8 Å². The lowest BCUT2D eigenvalue weighted by Crippen LogP contribution is -2.39. The van der Waals surface area contributed by atoms with Gasteiger partial charge in [-0.05, 0) is 26.0 Å². The molecule has 0 aliphatic heterocycles. The minimum absolute atomic E-state index is 0.158. The maximum atomic E-state index is 11.8. The second-order valence-corrected chi connectivity index (χ2v) is 5.55. The molecule has 0 unspecified atom stereocenters. The highest BCUT2D eigenvalue weighted by atomic mass is 16.6. The Kier molecular flexibility index (Phi) is 3.75. The van der Waals surface area contributed by atoms with E-state index < -0.39 is 11.6 Å². The van der Waals surface area contributed by atoms with Crippen molar-refractivity contribution in [3.8, 4) is 5.75 Å². The molecule has 1 aromatic heterocycles. The van der Waals surface area contributed by atoms with E-state index in [1.165, 1.54) is 7.11 Å². The van der Waals surface area contributed by atoms with Crippen LogP contribution in [0.2, 0.25) is 0 Å². The lowest BCUT2D eigenvalue weighted by Gasteiger charge is -2.23. The van der Waals surface area contributed by atoms with Crippen LogP contribution in [0.3, 0.4) is 0 Å². The Bertz CT molecular complexity index is 622. The van der Waals surface area contributed by atoms with Crippen LogP contribution >= 0.6 is 0 Å². The topological polar surface area (TPSA) is 48.7 Å². The van der Waals surface area contributed by atoms with Crippen molar-refractivity contribution in [3.05, 3.63) is 30.0 Å². The van der Waals surface area contributed by atoms with Crippen LogP contribution in [0.1, 0.15) is 39.4 Å². The average molecular weight is 276 g/mol. The van der Waals surface area contributed by atoms with Gasteiger partial charge in [-0.25, -0.2) is 4.79 Å². The predicted molar refractivity (Wildman–Crippen MR) is 77.0 cm³/mol. The van der Waals surface area contributed by atoms with Crippen LogP contribution in [0.15, 0.2) is 28.7 Å². The summed E-state index contributed by atoms with van der Waals surface area (Å²) in [6, 6.07) is 7.64. The van der Waals surface area contributed by atoms with Gasteiger partial charge in [-0.3, -0.25) is 0 Å². The molecular weight excluding hydrogens is 256 g/mol. The SMILES string of the molecule is COC(=O)C(C)(C)Oc1c(C(C)C)oc2ccccc12. The molecule has 0 bridgehead atoms. The number of rotatable bonds is 4. The maximum Gasteiger partial charge on any atom is 0.349 e. The van der Waals surface area contributed by atoms with Crippen molar-refractivity contribution >= 4 is 16.9 Å². The Balaban J connectivity index is 2.52. The lowest BCUT2D eigenvalue weighted by atomic mass is 10.1. The minimum Gasteiger partial charge on any atom is -0.472 e. The number of methoxy groups -OCH3 is 1. The third-order valence-corrected chi connectivity index (χ3v) is 3.13. The zero-order chi connectivity index (χ0) is 14.9. The fraction of sp³-hybridized carbons (Fsp3) is 0.438. The van der Waals surface area contributed by atoms with Gasteiger partial charge in [-0.15, -0.1) is 0 Å². The Labute approximate surface area is 118 Å². The lowest BCUT2D eigenvalue weighted by molar-refractivity contribution is -0.156. The molecule has 0 N–H and O–H groups in total. The highest BCUT2D eigenvalue weighted by molar-refractivity contribution is 5.87. The van der Waals surface area contributed by atoms with E-state index in [4.69, 9.17) is 13.9 Å².